The van der Waals surface area contributed by atoms with Gasteiger partial charge in [-0.15, -0.1) is 0 Å². The van der Waals surface area contributed by atoms with Crippen LogP contribution in [-0.4, -0.2) is 30.3 Å². The van der Waals surface area contributed by atoms with E-state index in [1.165, 1.54) is 0 Å². The van der Waals surface area contributed by atoms with Crippen LogP contribution in [0, 0.1) is 0 Å². The van der Waals surface area contributed by atoms with Gasteiger partial charge in [0, 0.05) is 19.3 Å². The number of rotatable bonds is 8. The Balaban J connectivity index is 2.90. The molecule has 0 aliphatic heterocycles. The number of hydrogen-bond donors (Lipinski definition) is 1. The van der Waals surface area contributed by atoms with Crippen molar-refractivity contribution >= 4 is 0 Å². The van der Waals surface area contributed by atoms with Crippen molar-refractivity contribution < 1.29 is 9.47 Å². The predicted molar refractivity (Wildman–Crippen MR) is 82.1 cm³/mol. The van der Waals surface area contributed by atoms with E-state index >= 15 is 0 Å². The van der Waals surface area contributed by atoms with E-state index in [1.807, 2.05) is 20.0 Å². The Morgan fingerprint density at radius 1 is 1.30 bits per heavy atom. The maximum Gasteiger partial charge on any atom is 0.138 e. The van der Waals surface area contributed by atoms with Crippen molar-refractivity contribution in [3.8, 4) is 5.75 Å². The highest BCUT2D eigenvalue weighted by molar-refractivity contribution is 5.26. The molecule has 0 fully saturated rings. The normalized spacial score (nSPS) is 13.6. The number of nitrogens with one attached hydrogen (secondary N) is 1. The standard InChI is InChI=1S/C16H28N2O2/c1-7-18-15(9-16(4,5)19-6)13-8-14(11-17-10-13)20-12(2)3/h8,10-12,15,18H,7,9H2,1-6H3. The molecule has 1 N–H and O–H groups in total. The van der Waals surface area contributed by atoms with Gasteiger partial charge in [-0.3, -0.25) is 4.98 Å². The number of hydrogen-bond acceptors (Lipinski definition) is 4. The number of ether oxygens (including phenoxy) is 2. The van der Waals surface area contributed by atoms with Gasteiger partial charge in [0.1, 0.15) is 5.75 Å². The summed E-state index contributed by atoms with van der Waals surface area (Å²) in [6, 6.07) is 2.27. The van der Waals surface area contributed by atoms with E-state index < -0.39 is 0 Å². The summed E-state index contributed by atoms with van der Waals surface area (Å²) in [7, 11) is 1.75. The van der Waals surface area contributed by atoms with Crippen molar-refractivity contribution in [3.05, 3.63) is 24.0 Å². The van der Waals surface area contributed by atoms with E-state index in [1.54, 1.807) is 13.3 Å². The van der Waals surface area contributed by atoms with Gasteiger partial charge in [-0.2, -0.15) is 0 Å². The fourth-order valence-corrected chi connectivity index (χ4v) is 2.09. The Labute approximate surface area is 122 Å². The zero-order chi connectivity index (χ0) is 15.2. The fraction of sp³-hybridized carbons (Fsp3) is 0.688. The van der Waals surface area contributed by atoms with Crippen molar-refractivity contribution in [3.63, 3.8) is 0 Å². The van der Waals surface area contributed by atoms with Crippen LogP contribution < -0.4 is 10.1 Å². The Kier molecular flexibility index (Phi) is 6.43. The molecule has 1 aromatic heterocycles. The lowest BCUT2D eigenvalue weighted by Gasteiger charge is -2.29. The van der Waals surface area contributed by atoms with Gasteiger partial charge >= 0.3 is 0 Å². The molecule has 0 bridgehead atoms. The Morgan fingerprint density at radius 2 is 2.00 bits per heavy atom. The van der Waals surface area contributed by atoms with Crippen LogP contribution in [0.25, 0.3) is 0 Å². The van der Waals surface area contributed by atoms with E-state index in [2.05, 4.69) is 37.1 Å². The fourth-order valence-electron chi connectivity index (χ4n) is 2.09. The molecule has 1 unspecified atom stereocenters. The first-order chi connectivity index (χ1) is 9.38. The molecule has 0 saturated carbocycles. The number of pyridine rings is 1. The summed E-state index contributed by atoms with van der Waals surface area (Å²) < 4.78 is 11.3. The lowest BCUT2D eigenvalue weighted by atomic mass is 9.94. The van der Waals surface area contributed by atoms with E-state index in [-0.39, 0.29) is 17.7 Å². The van der Waals surface area contributed by atoms with Crippen LogP contribution >= 0.6 is 0 Å². The maximum atomic E-state index is 5.72. The lowest BCUT2D eigenvalue weighted by molar-refractivity contribution is 0.00692. The second-order valence-electron chi connectivity index (χ2n) is 5.90. The minimum atomic E-state index is -0.179. The summed E-state index contributed by atoms with van der Waals surface area (Å²) in [5.74, 6) is 0.815. The Hall–Kier alpha value is -1.13. The minimum absolute atomic E-state index is 0.153. The predicted octanol–water partition coefficient (Wildman–Crippen LogP) is 3.33. The second kappa shape index (κ2) is 7.60. The third-order valence-corrected chi connectivity index (χ3v) is 3.21. The summed E-state index contributed by atoms with van der Waals surface area (Å²) in [6.07, 6.45) is 4.68. The van der Waals surface area contributed by atoms with Gasteiger partial charge in [-0.05, 0) is 52.3 Å². The monoisotopic (exact) mass is 280 g/mol. The van der Waals surface area contributed by atoms with E-state index in [0.29, 0.717) is 0 Å². The van der Waals surface area contributed by atoms with Crippen molar-refractivity contribution in [2.75, 3.05) is 13.7 Å². The first-order valence-electron chi connectivity index (χ1n) is 7.28. The highest BCUT2D eigenvalue weighted by atomic mass is 16.5. The van der Waals surface area contributed by atoms with E-state index in [9.17, 15) is 0 Å². The van der Waals surface area contributed by atoms with Crippen molar-refractivity contribution in [2.24, 2.45) is 0 Å². The molecule has 1 heterocycles. The molecule has 20 heavy (non-hydrogen) atoms. The first kappa shape index (κ1) is 16.9. The van der Waals surface area contributed by atoms with Crippen LogP contribution in [0.3, 0.4) is 0 Å². The molecular formula is C16H28N2O2. The highest BCUT2D eigenvalue weighted by Gasteiger charge is 2.24. The van der Waals surface area contributed by atoms with Gasteiger partial charge in [0.25, 0.3) is 0 Å². The zero-order valence-corrected chi connectivity index (χ0v) is 13.6. The molecule has 0 amide bonds. The highest BCUT2D eigenvalue weighted by Crippen LogP contribution is 2.27. The summed E-state index contributed by atoms with van der Waals surface area (Å²) >= 11 is 0. The van der Waals surface area contributed by atoms with Crippen molar-refractivity contribution in [1.82, 2.24) is 10.3 Å². The maximum absolute atomic E-state index is 5.72. The van der Waals surface area contributed by atoms with Gasteiger partial charge in [-0.25, -0.2) is 0 Å². The van der Waals surface area contributed by atoms with Gasteiger partial charge < -0.3 is 14.8 Å². The quantitative estimate of drug-likeness (QED) is 0.793. The molecule has 1 atom stereocenters. The number of nitrogens with zero attached hydrogens (tertiary/aromatic N) is 1. The molecular weight excluding hydrogens is 252 g/mol. The smallest absolute Gasteiger partial charge is 0.138 e. The molecule has 1 rings (SSSR count). The van der Waals surface area contributed by atoms with Gasteiger partial charge in [0.05, 0.1) is 17.9 Å². The van der Waals surface area contributed by atoms with Crippen LogP contribution in [0.1, 0.15) is 52.6 Å². The summed E-state index contributed by atoms with van der Waals surface area (Å²) in [4.78, 5) is 4.29. The van der Waals surface area contributed by atoms with E-state index in [4.69, 9.17) is 9.47 Å². The molecule has 1 aromatic rings. The SMILES string of the molecule is CCNC(CC(C)(C)OC)c1cncc(OC(C)C)c1. The molecule has 4 heteroatoms. The molecule has 0 aliphatic carbocycles. The summed E-state index contributed by atoms with van der Waals surface area (Å²) in [5.41, 5.74) is 0.956. The van der Waals surface area contributed by atoms with Crippen molar-refractivity contribution in [2.45, 2.75) is 58.8 Å². The largest absolute Gasteiger partial charge is 0.489 e. The van der Waals surface area contributed by atoms with Crippen LogP contribution in [0.2, 0.25) is 0 Å². The zero-order valence-electron chi connectivity index (χ0n) is 13.6. The molecule has 0 aliphatic rings. The van der Waals surface area contributed by atoms with E-state index in [0.717, 1.165) is 24.3 Å². The topological polar surface area (TPSA) is 43.4 Å². The number of aromatic nitrogens is 1. The van der Waals surface area contributed by atoms with Crippen molar-refractivity contribution in [1.29, 1.82) is 0 Å². The second-order valence-corrected chi connectivity index (χ2v) is 5.90. The van der Waals surface area contributed by atoms with Gasteiger partial charge in [0.15, 0.2) is 0 Å². The minimum Gasteiger partial charge on any atom is -0.489 e. The number of methoxy groups -OCH3 is 1. The summed E-state index contributed by atoms with van der Waals surface area (Å²) in [6.45, 7) is 11.2. The Morgan fingerprint density at radius 3 is 2.55 bits per heavy atom. The third kappa shape index (κ3) is 5.47. The molecule has 0 aromatic carbocycles. The van der Waals surface area contributed by atoms with Crippen LogP contribution in [-0.2, 0) is 4.74 Å². The molecule has 0 radical (unpaired) electrons. The first-order valence-corrected chi connectivity index (χ1v) is 7.28. The van der Waals surface area contributed by atoms with Crippen LogP contribution in [0.5, 0.6) is 5.75 Å². The molecule has 0 saturated heterocycles. The van der Waals surface area contributed by atoms with Crippen LogP contribution in [0.15, 0.2) is 18.5 Å². The molecule has 114 valence electrons. The molecule has 4 nitrogen and oxygen atoms in total. The average Bonchev–Trinajstić information content (AvgIpc) is 2.37. The molecule has 0 spiro atoms. The van der Waals surface area contributed by atoms with Crippen LogP contribution in [0.4, 0.5) is 0 Å². The Bertz CT molecular complexity index is 405. The van der Waals surface area contributed by atoms with Gasteiger partial charge in [-0.1, -0.05) is 6.92 Å². The lowest BCUT2D eigenvalue weighted by Crippen LogP contribution is -2.32. The van der Waals surface area contributed by atoms with Gasteiger partial charge in [0.2, 0.25) is 0 Å². The average molecular weight is 280 g/mol. The summed E-state index contributed by atoms with van der Waals surface area (Å²) in [5, 5.41) is 3.49. The third-order valence-electron chi connectivity index (χ3n) is 3.21.